The number of hydrogen-bond donors (Lipinski definition) is 1. The van der Waals surface area contributed by atoms with Gasteiger partial charge in [-0.15, -0.1) is 0 Å². The summed E-state index contributed by atoms with van der Waals surface area (Å²) in [6.45, 7) is 9.83. The lowest BCUT2D eigenvalue weighted by Gasteiger charge is -2.44. The number of rotatable bonds is 6. The minimum Gasteiger partial charge on any atom is -0.488 e. The molecule has 1 aliphatic heterocycles. The van der Waals surface area contributed by atoms with Gasteiger partial charge in [0, 0.05) is 31.6 Å². The quantitative estimate of drug-likeness (QED) is 0.875. The second-order valence-corrected chi connectivity index (χ2v) is 6.63. The number of carbonyl (C=O) groups is 1. The van der Waals surface area contributed by atoms with E-state index in [1.54, 1.807) is 6.92 Å². The van der Waals surface area contributed by atoms with E-state index in [0.29, 0.717) is 6.04 Å². The van der Waals surface area contributed by atoms with Crippen LogP contribution in [0, 0.1) is 0 Å². The molecule has 0 aromatic heterocycles. The van der Waals surface area contributed by atoms with Gasteiger partial charge in [-0.2, -0.15) is 0 Å². The zero-order valence-corrected chi connectivity index (χ0v) is 13.4. The monoisotopic (exact) mass is 290 g/mol. The Kier molecular flexibility index (Phi) is 4.88. The molecule has 1 atom stereocenters. The van der Waals surface area contributed by atoms with Crippen LogP contribution in [0.1, 0.15) is 34.1 Å². The highest BCUT2D eigenvalue weighted by Gasteiger charge is 2.34. The molecule has 1 aliphatic rings. The maximum Gasteiger partial charge on any atom is 0.217 e. The molecule has 0 radical (unpaired) electrons. The summed E-state index contributed by atoms with van der Waals surface area (Å²) < 4.78 is 5.91. The van der Waals surface area contributed by atoms with Gasteiger partial charge < -0.3 is 10.1 Å². The topological polar surface area (TPSA) is 41.6 Å². The summed E-state index contributed by atoms with van der Waals surface area (Å²) in [7, 11) is 0. The lowest BCUT2D eigenvalue weighted by Crippen LogP contribution is -2.59. The SMILES string of the molecule is CC(=O)NC(C)(C)CC(C)N1CC(Oc2ccccc2)C1. The number of para-hydroxylation sites is 1. The number of ether oxygens (including phenoxy) is 1. The molecule has 0 spiro atoms. The van der Waals surface area contributed by atoms with Crippen LogP contribution in [0.15, 0.2) is 30.3 Å². The normalized spacial score (nSPS) is 17.9. The molecule has 4 nitrogen and oxygen atoms in total. The van der Waals surface area contributed by atoms with E-state index in [9.17, 15) is 4.79 Å². The highest BCUT2D eigenvalue weighted by atomic mass is 16.5. The van der Waals surface area contributed by atoms with Crippen LogP contribution in [0.4, 0.5) is 0 Å². The largest absolute Gasteiger partial charge is 0.488 e. The molecule has 2 rings (SSSR count). The molecular weight excluding hydrogens is 264 g/mol. The van der Waals surface area contributed by atoms with Gasteiger partial charge in [0.25, 0.3) is 0 Å². The third kappa shape index (κ3) is 4.74. The summed E-state index contributed by atoms with van der Waals surface area (Å²) >= 11 is 0. The van der Waals surface area contributed by atoms with Crippen LogP contribution in [0.2, 0.25) is 0 Å². The Labute approximate surface area is 127 Å². The smallest absolute Gasteiger partial charge is 0.217 e. The fraction of sp³-hybridized carbons (Fsp3) is 0.588. The van der Waals surface area contributed by atoms with E-state index in [1.807, 2.05) is 30.3 Å². The average Bonchev–Trinajstić information content (AvgIpc) is 2.31. The number of nitrogens with zero attached hydrogens (tertiary/aromatic N) is 1. The van der Waals surface area contributed by atoms with E-state index in [4.69, 9.17) is 4.74 Å². The Morgan fingerprint density at radius 1 is 1.38 bits per heavy atom. The fourth-order valence-electron chi connectivity index (χ4n) is 2.99. The predicted octanol–water partition coefficient (Wildman–Crippen LogP) is 2.44. The van der Waals surface area contributed by atoms with Crippen LogP contribution in [0.3, 0.4) is 0 Å². The van der Waals surface area contributed by atoms with Crippen LogP contribution >= 0.6 is 0 Å². The van der Waals surface area contributed by atoms with Crippen molar-refractivity contribution >= 4 is 5.91 Å². The van der Waals surface area contributed by atoms with Crippen LogP contribution in [-0.4, -0.2) is 41.6 Å². The zero-order valence-electron chi connectivity index (χ0n) is 13.4. The van der Waals surface area contributed by atoms with Gasteiger partial charge in [-0.1, -0.05) is 18.2 Å². The van der Waals surface area contributed by atoms with E-state index in [0.717, 1.165) is 25.3 Å². The van der Waals surface area contributed by atoms with Crippen molar-refractivity contribution in [3.8, 4) is 5.75 Å². The Bertz CT molecular complexity index is 467. The molecular formula is C17H26N2O2. The van der Waals surface area contributed by atoms with Crippen LogP contribution < -0.4 is 10.1 Å². The van der Waals surface area contributed by atoms with Crippen molar-refractivity contribution in [3.05, 3.63) is 30.3 Å². The summed E-state index contributed by atoms with van der Waals surface area (Å²) in [6.07, 6.45) is 1.21. The average molecular weight is 290 g/mol. The summed E-state index contributed by atoms with van der Waals surface area (Å²) in [5.74, 6) is 0.967. The van der Waals surface area contributed by atoms with Gasteiger partial charge in [0.2, 0.25) is 5.91 Å². The highest BCUT2D eigenvalue weighted by Crippen LogP contribution is 2.23. The summed E-state index contributed by atoms with van der Waals surface area (Å²) in [5.41, 5.74) is -0.170. The molecule has 21 heavy (non-hydrogen) atoms. The molecule has 1 N–H and O–H groups in total. The minimum atomic E-state index is -0.170. The molecule has 1 unspecified atom stereocenters. The lowest BCUT2D eigenvalue weighted by atomic mass is 9.93. The van der Waals surface area contributed by atoms with E-state index >= 15 is 0 Å². The molecule has 0 bridgehead atoms. The first-order valence-electron chi connectivity index (χ1n) is 7.60. The van der Waals surface area contributed by atoms with Crippen LogP contribution in [0.25, 0.3) is 0 Å². The first-order chi connectivity index (χ1) is 9.85. The van der Waals surface area contributed by atoms with Gasteiger partial charge >= 0.3 is 0 Å². The molecule has 1 amide bonds. The van der Waals surface area contributed by atoms with E-state index < -0.39 is 0 Å². The summed E-state index contributed by atoms with van der Waals surface area (Å²) in [5, 5.41) is 3.01. The second kappa shape index (κ2) is 6.48. The molecule has 4 heteroatoms. The first-order valence-corrected chi connectivity index (χ1v) is 7.60. The number of amides is 1. The van der Waals surface area contributed by atoms with Crippen molar-refractivity contribution in [3.63, 3.8) is 0 Å². The Balaban J connectivity index is 1.75. The maximum absolute atomic E-state index is 11.2. The number of likely N-dealkylation sites (tertiary alicyclic amines) is 1. The first kappa shape index (κ1) is 15.8. The molecule has 1 fully saturated rings. The molecule has 1 aromatic rings. The van der Waals surface area contributed by atoms with Gasteiger partial charge in [-0.05, 0) is 39.3 Å². The van der Waals surface area contributed by atoms with E-state index in [-0.39, 0.29) is 17.6 Å². The van der Waals surface area contributed by atoms with Crippen molar-refractivity contribution in [1.82, 2.24) is 10.2 Å². The molecule has 0 saturated carbocycles. The predicted molar refractivity (Wildman–Crippen MR) is 84.4 cm³/mol. The van der Waals surface area contributed by atoms with Crippen LogP contribution in [-0.2, 0) is 4.79 Å². The number of benzene rings is 1. The lowest BCUT2D eigenvalue weighted by molar-refractivity contribution is -0.120. The van der Waals surface area contributed by atoms with Gasteiger partial charge in [-0.25, -0.2) is 0 Å². The standard InChI is InChI=1S/C17H26N2O2/c1-13(10-17(3,4)18-14(2)20)19-11-16(12-19)21-15-8-6-5-7-9-15/h5-9,13,16H,10-12H2,1-4H3,(H,18,20). The number of hydrogen-bond acceptors (Lipinski definition) is 3. The Morgan fingerprint density at radius 2 is 2.00 bits per heavy atom. The number of carbonyl (C=O) groups excluding carboxylic acids is 1. The second-order valence-electron chi connectivity index (χ2n) is 6.63. The van der Waals surface area contributed by atoms with Crippen molar-refractivity contribution in [2.75, 3.05) is 13.1 Å². The third-order valence-electron chi connectivity index (χ3n) is 3.87. The summed E-state index contributed by atoms with van der Waals surface area (Å²) in [6, 6.07) is 10.4. The van der Waals surface area contributed by atoms with Crippen molar-refractivity contribution in [2.45, 2.75) is 51.8 Å². The van der Waals surface area contributed by atoms with Gasteiger partial charge in [0.1, 0.15) is 11.9 Å². The molecule has 1 heterocycles. The van der Waals surface area contributed by atoms with Crippen LogP contribution in [0.5, 0.6) is 5.75 Å². The Morgan fingerprint density at radius 3 is 2.57 bits per heavy atom. The van der Waals surface area contributed by atoms with Gasteiger partial charge in [0.15, 0.2) is 0 Å². The van der Waals surface area contributed by atoms with Crippen molar-refractivity contribution in [1.29, 1.82) is 0 Å². The fourth-order valence-corrected chi connectivity index (χ4v) is 2.99. The van der Waals surface area contributed by atoms with Gasteiger partial charge in [0.05, 0.1) is 0 Å². The molecule has 1 saturated heterocycles. The maximum atomic E-state index is 11.2. The Hall–Kier alpha value is -1.55. The molecule has 0 aliphatic carbocycles. The summed E-state index contributed by atoms with van der Waals surface area (Å²) in [4.78, 5) is 13.6. The third-order valence-corrected chi connectivity index (χ3v) is 3.87. The zero-order chi connectivity index (χ0) is 15.5. The van der Waals surface area contributed by atoms with E-state index in [2.05, 4.69) is 31.0 Å². The van der Waals surface area contributed by atoms with Gasteiger partial charge in [-0.3, -0.25) is 9.69 Å². The van der Waals surface area contributed by atoms with Crippen molar-refractivity contribution < 1.29 is 9.53 Å². The highest BCUT2D eigenvalue weighted by molar-refractivity contribution is 5.73. The minimum absolute atomic E-state index is 0.0288. The number of nitrogens with one attached hydrogen (secondary N) is 1. The molecule has 1 aromatic carbocycles. The molecule has 116 valence electrons. The van der Waals surface area contributed by atoms with Crippen molar-refractivity contribution in [2.24, 2.45) is 0 Å². The van der Waals surface area contributed by atoms with E-state index in [1.165, 1.54) is 0 Å².